The van der Waals surface area contributed by atoms with Gasteiger partial charge in [-0.3, -0.25) is 0 Å². The lowest BCUT2D eigenvalue weighted by molar-refractivity contribution is -0.729. The van der Waals surface area contributed by atoms with E-state index in [0.29, 0.717) is 38.4 Å². The van der Waals surface area contributed by atoms with Crippen LogP contribution in [0, 0.1) is 4.91 Å². The maximum absolute atomic E-state index is 12.6. The van der Waals surface area contributed by atoms with Crippen molar-refractivity contribution < 1.29 is 24.4 Å². The van der Waals surface area contributed by atoms with Gasteiger partial charge in [0, 0.05) is 18.7 Å². The van der Waals surface area contributed by atoms with Gasteiger partial charge in [-0.25, -0.2) is 15.0 Å². The average molecular weight is 446 g/mol. The normalized spacial score (nSPS) is 18.9. The van der Waals surface area contributed by atoms with Gasteiger partial charge >= 0.3 is 11.8 Å². The summed E-state index contributed by atoms with van der Waals surface area (Å²) in [5, 5.41) is 13.3. The molecule has 1 amide bonds. The van der Waals surface area contributed by atoms with E-state index in [1.165, 1.54) is 17.1 Å². The van der Waals surface area contributed by atoms with E-state index in [4.69, 9.17) is 19.7 Å². The fraction of sp³-hybridized carbons (Fsp3) is 0.600. The molecule has 4 rings (SSSR count). The minimum Gasteiger partial charge on any atom is -0.444 e. The molecule has 0 spiro atoms. The molecule has 1 fully saturated rings. The fourth-order valence-electron chi connectivity index (χ4n) is 3.78. The van der Waals surface area contributed by atoms with Crippen LogP contribution in [0.5, 0.6) is 0 Å². The van der Waals surface area contributed by atoms with E-state index in [9.17, 15) is 9.70 Å². The molecule has 0 aromatic carbocycles. The lowest BCUT2D eigenvalue weighted by atomic mass is 10.0. The molecular formula is C20H28N7O5+. The topological polar surface area (TPSA) is 126 Å². The Labute approximate surface area is 185 Å². The second-order valence-corrected chi connectivity index (χ2v) is 8.96. The number of morpholine rings is 1. The number of anilines is 1. The maximum Gasteiger partial charge on any atom is 0.410 e. The summed E-state index contributed by atoms with van der Waals surface area (Å²) in [6.07, 6.45) is 2.76. The minimum absolute atomic E-state index is 0.0389. The summed E-state index contributed by atoms with van der Waals surface area (Å²) >= 11 is 0. The molecule has 12 nitrogen and oxygen atoms in total. The standard InChI is InChI=1S/C20H28N7O5/c1-13-12-31-8-7-25(13)17-15-5-6-24(19(28)32-20(2,3)4)11-16(15)22-18(23-17)26-10-14(9-21-26)27(29)30/h9-10,13H,5-8,11-12H2,1-4H3,(H,29,30)/q+1/t13-/m0/s1. The molecule has 12 heteroatoms. The number of hydrogen-bond donors (Lipinski definition) is 1. The van der Waals surface area contributed by atoms with Gasteiger partial charge in [-0.2, -0.15) is 14.8 Å². The van der Waals surface area contributed by atoms with Gasteiger partial charge in [0.1, 0.15) is 23.8 Å². The SMILES string of the molecule is C[C@H]1COCCN1c1nc(-n2cc([N+](=O)O)cn2)nc2c1CCN(C(=O)OC(C)(C)C)C2. The van der Waals surface area contributed by atoms with E-state index in [-0.39, 0.29) is 29.1 Å². The van der Waals surface area contributed by atoms with Crippen molar-refractivity contribution in [2.45, 2.75) is 52.3 Å². The van der Waals surface area contributed by atoms with Crippen molar-refractivity contribution in [1.29, 1.82) is 0 Å². The highest BCUT2D eigenvalue weighted by Crippen LogP contribution is 2.30. The number of aromatic nitrogens is 4. The van der Waals surface area contributed by atoms with Crippen molar-refractivity contribution in [3.63, 3.8) is 0 Å². The van der Waals surface area contributed by atoms with Gasteiger partial charge < -0.3 is 19.3 Å². The summed E-state index contributed by atoms with van der Waals surface area (Å²) in [4.78, 5) is 36.8. The van der Waals surface area contributed by atoms with Gasteiger partial charge in [-0.05, 0) is 34.1 Å². The third-order valence-electron chi connectivity index (χ3n) is 5.32. The average Bonchev–Trinajstić information content (AvgIpc) is 3.22. The smallest absolute Gasteiger partial charge is 0.410 e. The highest BCUT2D eigenvalue weighted by Gasteiger charge is 2.32. The first kappa shape index (κ1) is 21.9. The quantitative estimate of drug-likeness (QED) is 0.704. The maximum atomic E-state index is 12.6. The summed E-state index contributed by atoms with van der Waals surface area (Å²) in [6, 6.07) is 0.113. The van der Waals surface area contributed by atoms with E-state index in [2.05, 4.69) is 21.9 Å². The second kappa shape index (κ2) is 8.34. The Hall–Kier alpha value is -3.28. The van der Waals surface area contributed by atoms with E-state index >= 15 is 0 Å². The Morgan fingerprint density at radius 3 is 2.75 bits per heavy atom. The van der Waals surface area contributed by atoms with Crippen LogP contribution in [0.4, 0.5) is 16.3 Å². The highest BCUT2D eigenvalue weighted by atomic mass is 16.6. The first-order valence-corrected chi connectivity index (χ1v) is 10.6. The Bertz CT molecular complexity index is 1030. The molecule has 172 valence electrons. The number of carbonyl (C=O) groups excluding carboxylic acids is 1. The van der Waals surface area contributed by atoms with Gasteiger partial charge in [0.2, 0.25) is 0 Å². The molecule has 0 aliphatic carbocycles. The number of fused-ring (bicyclic) bond motifs is 1. The first-order valence-electron chi connectivity index (χ1n) is 10.6. The van der Waals surface area contributed by atoms with Crippen LogP contribution < -0.4 is 4.90 Å². The van der Waals surface area contributed by atoms with Crippen LogP contribution in [0.15, 0.2) is 12.4 Å². The van der Waals surface area contributed by atoms with Crippen LogP contribution in [-0.4, -0.2) is 78.8 Å². The van der Waals surface area contributed by atoms with Crippen LogP contribution in [0.2, 0.25) is 0 Å². The molecule has 0 saturated carbocycles. The van der Waals surface area contributed by atoms with Gasteiger partial charge in [0.05, 0.1) is 36.4 Å². The van der Waals surface area contributed by atoms with Crippen molar-refractivity contribution in [1.82, 2.24) is 24.6 Å². The van der Waals surface area contributed by atoms with Crippen LogP contribution >= 0.6 is 0 Å². The summed E-state index contributed by atoms with van der Waals surface area (Å²) in [7, 11) is 0. The molecular weight excluding hydrogens is 418 g/mol. The first-order chi connectivity index (χ1) is 15.1. The van der Waals surface area contributed by atoms with E-state index in [1.807, 2.05) is 20.8 Å². The molecule has 2 aliphatic heterocycles. The fourth-order valence-corrected chi connectivity index (χ4v) is 3.78. The lowest BCUT2D eigenvalue weighted by Gasteiger charge is -2.37. The summed E-state index contributed by atoms with van der Waals surface area (Å²) in [5.41, 5.74) is 1.04. The van der Waals surface area contributed by atoms with Crippen LogP contribution in [-0.2, 0) is 22.4 Å². The van der Waals surface area contributed by atoms with Gasteiger partial charge in [-0.1, -0.05) is 0 Å². The highest BCUT2D eigenvalue weighted by molar-refractivity contribution is 5.69. The zero-order valence-electron chi connectivity index (χ0n) is 18.7. The molecule has 1 N–H and O–H groups in total. The zero-order valence-corrected chi connectivity index (χ0v) is 18.7. The molecule has 2 aliphatic rings. The zero-order chi connectivity index (χ0) is 23.0. The van der Waals surface area contributed by atoms with Gasteiger partial charge in [-0.15, -0.1) is 0 Å². The number of ether oxygens (including phenoxy) is 2. The van der Waals surface area contributed by atoms with Crippen molar-refractivity contribution >= 4 is 17.6 Å². The minimum atomic E-state index is -0.595. The van der Waals surface area contributed by atoms with Crippen LogP contribution in [0.1, 0.15) is 39.0 Å². The lowest BCUT2D eigenvalue weighted by Crippen LogP contribution is -2.46. The van der Waals surface area contributed by atoms with Crippen molar-refractivity contribution in [2.75, 3.05) is 31.2 Å². The Kier molecular flexibility index (Phi) is 5.71. The third kappa shape index (κ3) is 4.49. The molecule has 4 heterocycles. The van der Waals surface area contributed by atoms with Crippen LogP contribution in [0.25, 0.3) is 5.95 Å². The molecule has 2 aromatic rings. The predicted molar refractivity (Wildman–Crippen MR) is 112 cm³/mol. The van der Waals surface area contributed by atoms with E-state index < -0.39 is 11.7 Å². The number of rotatable bonds is 3. The molecule has 1 saturated heterocycles. The number of amides is 1. The second-order valence-electron chi connectivity index (χ2n) is 8.96. The summed E-state index contributed by atoms with van der Waals surface area (Å²) < 4.78 is 12.4. The third-order valence-corrected chi connectivity index (χ3v) is 5.32. The Balaban J connectivity index is 1.73. The number of carbonyl (C=O) groups is 1. The molecule has 2 aromatic heterocycles. The predicted octanol–water partition coefficient (Wildman–Crippen LogP) is 1.98. The Morgan fingerprint density at radius 2 is 2.09 bits per heavy atom. The van der Waals surface area contributed by atoms with Gasteiger partial charge in [0.15, 0.2) is 0 Å². The largest absolute Gasteiger partial charge is 0.444 e. The molecule has 32 heavy (non-hydrogen) atoms. The van der Waals surface area contributed by atoms with E-state index in [1.54, 1.807) is 4.90 Å². The molecule has 0 unspecified atom stereocenters. The monoisotopic (exact) mass is 446 g/mol. The molecule has 1 atom stereocenters. The van der Waals surface area contributed by atoms with Crippen molar-refractivity contribution in [3.05, 3.63) is 28.6 Å². The summed E-state index contributed by atoms with van der Waals surface area (Å²) in [6.45, 7) is 10.2. The van der Waals surface area contributed by atoms with Gasteiger partial charge in [0.25, 0.3) is 10.9 Å². The Morgan fingerprint density at radius 1 is 1.31 bits per heavy atom. The summed E-state index contributed by atoms with van der Waals surface area (Å²) in [5.74, 6) is 1.02. The number of nitrogens with zero attached hydrogens (tertiary/aromatic N) is 7. The molecule has 0 radical (unpaired) electrons. The van der Waals surface area contributed by atoms with Crippen LogP contribution in [0.3, 0.4) is 0 Å². The molecule has 0 bridgehead atoms. The van der Waals surface area contributed by atoms with Crippen molar-refractivity contribution in [3.8, 4) is 5.95 Å². The van der Waals surface area contributed by atoms with E-state index in [0.717, 1.165) is 11.4 Å². The number of hydrogen-bond acceptors (Lipinski definition) is 8. The van der Waals surface area contributed by atoms with Crippen molar-refractivity contribution in [2.24, 2.45) is 0 Å².